The van der Waals surface area contributed by atoms with Crippen LogP contribution in [0.25, 0.3) is 0 Å². The lowest BCUT2D eigenvalue weighted by atomic mass is 9.89. The van der Waals surface area contributed by atoms with E-state index in [2.05, 4.69) is 27.4 Å². The summed E-state index contributed by atoms with van der Waals surface area (Å²) < 4.78 is 6.07. The van der Waals surface area contributed by atoms with Crippen molar-refractivity contribution in [2.45, 2.75) is 57.3 Å². The number of hydrogen-bond donors (Lipinski definition) is 1. The summed E-state index contributed by atoms with van der Waals surface area (Å²) in [6.45, 7) is 10.4. The Morgan fingerprint density at radius 1 is 1.53 bits per heavy atom. The van der Waals surface area contributed by atoms with Gasteiger partial charge in [-0.25, -0.2) is 0 Å². The molecule has 2 fully saturated rings. The summed E-state index contributed by atoms with van der Waals surface area (Å²) in [6, 6.07) is 0. The minimum Gasteiger partial charge on any atom is -0.387 e. The van der Waals surface area contributed by atoms with Crippen LogP contribution in [0.1, 0.15) is 40.0 Å². The lowest BCUT2D eigenvalue weighted by molar-refractivity contribution is -0.0347. The van der Waals surface area contributed by atoms with Gasteiger partial charge in [-0.1, -0.05) is 26.8 Å². The Morgan fingerprint density at radius 2 is 2.20 bits per heavy atom. The van der Waals surface area contributed by atoms with Gasteiger partial charge in [0.25, 0.3) is 0 Å². The fraction of sp³-hybridized carbons (Fsp3) is 0.846. The molecule has 2 nitrogen and oxygen atoms in total. The zero-order chi connectivity index (χ0) is 11.3. The molecule has 4 atom stereocenters. The quantitative estimate of drug-likeness (QED) is 0.722. The molecule has 1 heterocycles. The van der Waals surface area contributed by atoms with Crippen LogP contribution in [0.5, 0.6) is 0 Å². The number of hydrogen-bond acceptors (Lipinski definition) is 2. The Labute approximate surface area is 92.3 Å². The van der Waals surface area contributed by atoms with E-state index in [0.717, 1.165) is 19.3 Å². The first-order valence-electron chi connectivity index (χ1n) is 5.95. The van der Waals surface area contributed by atoms with Crippen LogP contribution in [-0.4, -0.2) is 22.4 Å². The van der Waals surface area contributed by atoms with Crippen LogP contribution in [0, 0.1) is 11.8 Å². The summed E-state index contributed by atoms with van der Waals surface area (Å²) in [7, 11) is 0. The van der Waals surface area contributed by atoms with Crippen molar-refractivity contribution >= 4 is 0 Å². The Bertz CT molecular complexity index is 274. The van der Waals surface area contributed by atoms with Gasteiger partial charge in [0.2, 0.25) is 0 Å². The standard InChI is InChI=1S/C13H22O2/c1-5-6-13-8-12(13,14)7-11(15-13)10(4)9(2)3/h5,9-11,14H,1,6-8H2,2-4H3. The molecule has 1 N–H and O–H groups in total. The van der Waals surface area contributed by atoms with Gasteiger partial charge in [0.15, 0.2) is 0 Å². The van der Waals surface area contributed by atoms with E-state index >= 15 is 0 Å². The topological polar surface area (TPSA) is 29.5 Å². The van der Waals surface area contributed by atoms with E-state index in [1.54, 1.807) is 0 Å². The molecule has 0 amide bonds. The Hall–Kier alpha value is -0.340. The second-order valence-electron chi connectivity index (χ2n) is 5.66. The fourth-order valence-electron chi connectivity index (χ4n) is 2.77. The van der Waals surface area contributed by atoms with Crippen molar-refractivity contribution in [2.75, 3.05) is 0 Å². The summed E-state index contributed by atoms with van der Waals surface area (Å²) in [5.74, 6) is 1.13. The number of fused-ring (bicyclic) bond motifs is 1. The van der Waals surface area contributed by atoms with Crippen molar-refractivity contribution in [3.8, 4) is 0 Å². The van der Waals surface area contributed by atoms with Gasteiger partial charge in [-0.3, -0.25) is 0 Å². The second kappa shape index (κ2) is 3.33. The van der Waals surface area contributed by atoms with Gasteiger partial charge in [0.05, 0.1) is 11.7 Å². The van der Waals surface area contributed by atoms with E-state index in [-0.39, 0.29) is 11.7 Å². The Morgan fingerprint density at radius 3 is 2.73 bits per heavy atom. The van der Waals surface area contributed by atoms with Crippen molar-refractivity contribution in [1.29, 1.82) is 0 Å². The molecule has 2 aliphatic rings. The highest BCUT2D eigenvalue weighted by Gasteiger charge is 2.73. The van der Waals surface area contributed by atoms with Crippen molar-refractivity contribution in [3.63, 3.8) is 0 Å². The van der Waals surface area contributed by atoms with Gasteiger partial charge in [-0.15, -0.1) is 6.58 Å². The van der Waals surface area contributed by atoms with Crippen LogP contribution in [0.15, 0.2) is 12.7 Å². The summed E-state index contributed by atoms with van der Waals surface area (Å²) in [5.41, 5.74) is -0.822. The molecule has 0 aromatic heterocycles. The average molecular weight is 210 g/mol. The van der Waals surface area contributed by atoms with Crippen LogP contribution < -0.4 is 0 Å². The molecular formula is C13H22O2. The van der Waals surface area contributed by atoms with Crippen LogP contribution >= 0.6 is 0 Å². The number of ether oxygens (including phenoxy) is 1. The van der Waals surface area contributed by atoms with E-state index < -0.39 is 5.60 Å². The average Bonchev–Trinajstić information content (AvgIpc) is 2.58. The molecule has 0 radical (unpaired) electrons. The molecule has 1 saturated carbocycles. The monoisotopic (exact) mass is 210 g/mol. The van der Waals surface area contributed by atoms with Crippen LogP contribution in [0.3, 0.4) is 0 Å². The van der Waals surface area contributed by atoms with Crippen LogP contribution in [0.4, 0.5) is 0 Å². The third-order valence-electron chi connectivity index (χ3n) is 4.33. The predicted octanol–water partition coefficient (Wildman–Crippen LogP) is 2.52. The fourth-order valence-corrected chi connectivity index (χ4v) is 2.77. The molecule has 1 saturated heterocycles. The molecule has 0 aromatic carbocycles. The predicted molar refractivity (Wildman–Crippen MR) is 60.6 cm³/mol. The highest BCUT2D eigenvalue weighted by Crippen LogP contribution is 2.62. The van der Waals surface area contributed by atoms with Gasteiger partial charge >= 0.3 is 0 Å². The highest BCUT2D eigenvalue weighted by atomic mass is 16.6. The van der Waals surface area contributed by atoms with Gasteiger partial charge in [-0.05, 0) is 18.3 Å². The van der Waals surface area contributed by atoms with E-state index in [4.69, 9.17) is 4.74 Å². The van der Waals surface area contributed by atoms with Crippen molar-refractivity contribution < 1.29 is 9.84 Å². The second-order valence-corrected chi connectivity index (χ2v) is 5.66. The minimum absolute atomic E-state index is 0.226. The van der Waals surface area contributed by atoms with Gasteiger partial charge in [0.1, 0.15) is 5.60 Å². The molecule has 15 heavy (non-hydrogen) atoms. The molecule has 2 heteroatoms. The van der Waals surface area contributed by atoms with Crippen LogP contribution in [0.2, 0.25) is 0 Å². The number of rotatable bonds is 4. The third-order valence-corrected chi connectivity index (χ3v) is 4.33. The summed E-state index contributed by atoms with van der Waals surface area (Å²) in [4.78, 5) is 0. The first-order valence-corrected chi connectivity index (χ1v) is 5.95. The highest BCUT2D eigenvalue weighted by molar-refractivity contribution is 5.25. The largest absolute Gasteiger partial charge is 0.387 e. The lowest BCUT2D eigenvalue weighted by Gasteiger charge is -2.25. The SMILES string of the molecule is C=CCC12CC1(O)CC(C(C)C(C)C)O2. The lowest BCUT2D eigenvalue weighted by Crippen LogP contribution is -2.26. The van der Waals surface area contributed by atoms with Crippen molar-refractivity contribution in [1.82, 2.24) is 0 Å². The number of aliphatic hydroxyl groups is 1. The molecular weight excluding hydrogens is 188 g/mol. The maximum Gasteiger partial charge on any atom is 0.104 e. The van der Waals surface area contributed by atoms with Gasteiger partial charge in [-0.2, -0.15) is 0 Å². The molecule has 0 bridgehead atoms. The maximum atomic E-state index is 10.3. The molecule has 1 aliphatic carbocycles. The molecule has 86 valence electrons. The maximum absolute atomic E-state index is 10.3. The zero-order valence-electron chi connectivity index (χ0n) is 9.99. The van der Waals surface area contributed by atoms with Gasteiger partial charge in [0, 0.05) is 12.8 Å². The molecule has 2 rings (SSSR count). The molecule has 4 unspecified atom stereocenters. The Balaban J connectivity index is 2.03. The van der Waals surface area contributed by atoms with E-state index in [0.29, 0.717) is 11.8 Å². The smallest absolute Gasteiger partial charge is 0.104 e. The van der Waals surface area contributed by atoms with Gasteiger partial charge < -0.3 is 9.84 Å². The normalized spacial score (nSPS) is 45.3. The van der Waals surface area contributed by atoms with Crippen molar-refractivity contribution in [2.24, 2.45) is 11.8 Å². The first-order chi connectivity index (χ1) is 6.94. The zero-order valence-corrected chi connectivity index (χ0v) is 9.99. The Kier molecular flexibility index (Phi) is 2.47. The van der Waals surface area contributed by atoms with E-state index in [9.17, 15) is 5.11 Å². The molecule has 0 aromatic rings. The first kappa shape index (κ1) is 11.2. The summed E-state index contributed by atoms with van der Waals surface area (Å²) in [5, 5.41) is 10.3. The van der Waals surface area contributed by atoms with Crippen LogP contribution in [-0.2, 0) is 4.74 Å². The van der Waals surface area contributed by atoms with E-state index in [1.807, 2.05) is 6.08 Å². The molecule has 1 aliphatic heterocycles. The summed E-state index contributed by atoms with van der Waals surface area (Å²) in [6.07, 6.45) is 4.47. The molecule has 0 spiro atoms. The third kappa shape index (κ3) is 1.55. The minimum atomic E-state index is -0.547. The van der Waals surface area contributed by atoms with Crippen molar-refractivity contribution in [3.05, 3.63) is 12.7 Å². The van der Waals surface area contributed by atoms with E-state index in [1.165, 1.54) is 0 Å². The summed E-state index contributed by atoms with van der Waals surface area (Å²) >= 11 is 0.